The number of amides is 1. The number of anilines is 2. The van der Waals surface area contributed by atoms with Gasteiger partial charge in [0.25, 0.3) is 5.91 Å². The molecule has 1 heterocycles. The number of benzene rings is 2. The van der Waals surface area contributed by atoms with Gasteiger partial charge in [-0.05, 0) is 54.8 Å². The topological polar surface area (TPSA) is 41.1 Å². The number of halogens is 2. The summed E-state index contributed by atoms with van der Waals surface area (Å²) in [6, 6.07) is 11.1. The summed E-state index contributed by atoms with van der Waals surface area (Å²) in [6.45, 7) is 0.993. The fraction of sp³-hybridized carbons (Fsp3) is 0.188. The zero-order valence-electron chi connectivity index (χ0n) is 11.2. The minimum Gasteiger partial charge on any atom is -0.385 e. The summed E-state index contributed by atoms with van der Waals surface area (Å²) < 4.78 is 0.880. The van der Waals surface area contributed by atoms with E-state index in [4.69, 9.17) is 11.6 Å². The second kappa shape index (κ2) is 6.08. The molecule has 0 saturated carbocycles. The number of hydrogen-bond acceptors (Lipinski definition) is 2. The molecule has 0 saturated heterocycles. The van der Waals surface area contributed by atoms with Crippen molar-refractivity contribution in [1.82, 2.24) is 0 Å². The van der Waals surface area contributed by atoms with Gasteiger partial charge in [-0.15, -0.1) is 0 Å². The van der Waals surface area contributed by atoms with Crippen LogP contribution in [0.4, 0.5) is 11.4 Å². The van der Waals surface area contributed by atoms with Crippen LogP contribution in [0.3, 0.4) is 0 Å². The molecule has 1 aliphatic rings. The first-order valence-electron chi connectivity index (χ1n) is 6.77. The smallest absolute Gasteiger partial charge is 0.255 e. The lowest BCUT2D eigenvalue weighted by atomic mass is 10.0. The first-order valence-corrected chi connectivity index (χ1v) is 7.94. The molecule has 3 rings (SSSR count). The molecule has 1 amide bonds. The summed E-state index contributed by atoms with van der Waals surface area (Å²) in [5, 5.41) is 6.70. The first-order chi connectivity index (χ1) is 10.1. The Morgan fingerprint density at radius 1 is 1.24 bits per heavy atom. The highest BCUT2D eigenvalue weighted by Gasteiger charge is 2.13. The van der Waals surface area contributed by atoms with E-state index < -0.39 is 0 Å². The highest BCUT2D eigenvalue weighted by Crippen LogP contribution is 2.27. The maximum absolute atomic E-state index is 12.3. The summed E-state index contributed by atoms with van der Waals surface area (Å²) in [6.07, 6.45) is 2.10. The quantitative estimate of drug-likeness (QED) is 0.809. The Morgan fingerprint density at radius 3 is 2.90 bits per heavy atom. The molecule has 0 spiro atoms. The van der Waals surface area contributed by atoms with Gasteiger partial charge in [0.15, 0.2) is 0 Å². The van der Waals surface area contributed by atoms with Gasteiger partial charge >= 0.3 is 0 Å². The summed E-state index contributed by atoms with van der Waals surface area (Å²) in [5.41, 5.74) is 3.58. The molecule has 2 aromatic rings. The van der Waals surface area contributed by atoms with Crippen molar-refractivity contribution in [2.75, 3.05) is 17.2 Å². The summed E-state index contributed by atoms with van der Waals surface area (Å²) in [5.74, 6) is -0.146. The molecule has 3 nitrogen and oxygen atoms in total. The molecule has 1 aliphatic heterocycles. The number of rotatable bonds is 2. The van der Waals surface area contributed by atoms with Gasteiger partial charge < -0.3 is 10.6 Å². The third-order valence-electron chi connectivity index (χ3n) is 3.49. The van der Waals surface area contributed by atoms with Gasteiger partial charge in [0.05, 0.1) is 10.7 Å². The molecule has 21 heavy (non-hydrogen) atoms. The van der Waals surface area contributed by atoms with E-state index in [9.17, 15) is 4.79 Å². The number of carbonyl (C=O) groups excluding carboxylic acids is 1. The van der Waals surface area contributed by atoms with Crippen LogP contribution in [0.1, 0.15) is 22.3 Å². The second-order valence-corrected chi connectivity index (χ2v) is 6.30. The molecule has 0 atom stereocenters. The lowest BCUT2D eigenvalue weighted by Gasteiger charge is -2.18. The third-order valence-corrected chi connectivity index (χ3v) is 4.29. The van der Waals surface area contributed by atoms with Crippen LogP contribution in [-0.2, 0) is 6.42 Å². The van der Waals surface area contributed by atoms with Crippen molar-refractivity contribution >= 4 is 44.8 Å². The van der Waals surface area contributed by atoms with Crippen LogP contribution >= 0.6 is 27.5 Å². The van der Waals surface area contributed by atoms with Crippen LogP contribution in [0.25, 0.3) is 0 Å². The van der Waals surface area contributed by atoms with Crippen molar-refractivity contribution in [3.8, 4) is 0 Å². The Kier molecular flexibility index (Phi) is 4.17. The van der Waals surface area contributed by atoms with Crippen molar-refractivity contribution < 1.29 is 4.79 Å². The standard InChI is InChI=1S/C16H14BrClN2O/c17-12-4-6-15(13(18)9-12)20-16(21)11-3-5-14-10(8-11)2-1-7-19-14/h3-6,8-9,19H,1-2,7H2,(H,20,21). The number of fused-ring (bicyclic) bond motifs is 1. The second-order valence-electron chi connectivity index (χ2n) is 4.98. The van der Waals surface area contributed by atoms with Gasteiger partial charge in [-0.3, -0.25) is 4.79 Å². The predicted octanol–water partition coefficient (Wildman–Crippen LogP) is 4.71. The zero-order chi connectivity index (χ0) is 14.8. The molecule has 5 heteroatoms. The lowest BCUT2D eigenvalue weighted by molar-refractivity contribution is 0.102. The van der Waals surface area contributed by atoms with Gasteiger partial charge in [0.2, 0.25) is 0 Å². The van der Waals surface area contributed by atoms with Crippen LogP contribution in [0.15, 0.2) is 40.9 Å². The maximum atomic E-state index is 12.3. The molecule has 0 radical (unpaired) electrons. The first kappa shape index (κ1) is 14.4. The number of hydrogen-bond donors (Lipinski definition) is 2. The van der Waals surface area contributed by atoms with Crippen molar-refractivity contribution in [2.24, 2.45) is 0 Å². The Hall–Kier alpha value is -1.52. The van der Waals surface area contributed by atoms with Crippen LogP contribution < -0.4 is 10.6 Å². The summed E-state index contributed by atoms with van der Waals surface area (Å²) in [4.78, 5) is 12.3. The monoisotopic (exact) mass is 364 g/mol. The molecule has 108 valence electrons. The molecule has 0 aliphatic carbocycles. The molecule has 0 unspecified atom stereocenters. The van der Waals surface area contributed by atoms with E-state index in [1.54, 1.807) is 12.1 Å². The molecule has 0 aromatic heterocycles. The van der Waals surface area contributed by atoms with E-state index in [1.807, 2.05) is 24.3 Å². The molecule has 0 bridgehead atoms. The Labute approximate surface area is 136 Å². The van der Waals surface area contributed by atoms with Crippen molar-refractivity contribution in [2.45, 2.75) is 12.8 Å². The maximum Gasteiger partial charge on any atom is 0.255 e. The molecular weight excluding hydrogens is 352 g/mol. The fourth-order valence-electron chi connectivity index (χ4n) is 2.40. The average molecular weight is 366 g/mol. The van der Waals surface area contributed by atoms with Crippen molar-refractivity contribution in [3.05, 3.63) is 57.0 Å². The lowest BCUT2D eigenvalue weighted by Crippen LogP contribution is -2.15. The van der Waals surface area contributed by atoms with Crippen LogP contribution in [0.5, 0.6) is 0 Å². The number of aryl methyl sites for hydroxylation is 1. The van der Waals surface area contributed by atoms with Crippen molar-refractivity contribution in [1.29, 1.82) is 0 Å². The Morgan fingerprint density at radius 2 is 2.10 bits per heavy atom. The van der Waals surface area contributed by atoms with Gasteiger partial charge in [-0.1, -0.05) is 27.5 Å². The molecular formula is C16H14BrClN2O. The van der Waals surface area contributed by atoms with E-state index in [2.05, 4.69) is 26.6 Å². The largest absolute Gasteiger partial charge is 0.385 e. The molecule has 2 aromatic carbocycles. The van der Waals surface area contributed by atoms with Gasteiger partial charge in [0, 0.05) is 22.3 Å². The van der Waals surface area contributed by atoms with E-state index in [1.165, 1.54) is 5.56 Å². The third kappa shape index (κ3) is 3.22. The average Bonchev–Trinajstić information content (AvgIpc) is 2.49. The van der Waals surface area contributed by atoms with E-state index in [0.29, 0.717) is 16.3 Å². The van der Waals surface area contributed by atoms with E-state index in [0.717, 1.165) is 29.5 Å². The van der Waals surface area contributed by atoms with Crippen LogP contribution in [0, 0.1) is 0 Å². The molecule has 0 fully saturated rings. The SMILES string of the molecule is O=C(Nc1ccc(Br)cc1Cl)c1ccc2c(c1)CCCN2. The van der Waals surface area contributed by atoms with Gasteiger partial charge in [-0.25, -0.2) is 0 Å². The van der Waals surface area contributed by atoms with Crippen LogP contribution in [-0.4, -0.2) is 12.5 Å². The van der Waals surface area contributed by atoms with Crippen molar-refractivity contribution in [3.63, 3.8) is 0 Å². The zero-order valence-corrected chi connectivity index (χ0v) is 13.6. The predicted molar refractivity (Wildman–Crippen MR) is 90.4 cm³/mol. The Balaban J connectivity index is 1.82. The number of carbonyl (C=O) groups is 1. The van der Waals surface area contributed by atoms with Crippen LogP contribution in [0.2, 0.25) is 5.02 Å². The normalized spacial score (nSPS) is 13.2. The molecule has 2 N–H and O–H groups in total. The summed E-state index contributed by atoms with van der Waals surface area (Å²) >= 11 is 9.47. The summed E-state index contributed by atoms with van der Waals surface area (Å²) in [7, 11) is 0. The minimum absolute atomic E-state index is 0.146. The van der Waals surface area contributed by atoms with Gasteiger partial charge in [-0.2, -0.15) is 0 Å². The highest BCUT2D eigenvalue weighted by molar-refractivity contribution is 9.10. The minimum atomic E-state index is -0.146. The Bertz CT molecular complexity index is 703. The van der Waals surface area contributed by atoms with E-state index >= 15 is 0 Å². The van der Waals surface area contributed by atoms with Gasteiger partial charge in [0.1, 0.15) is 0 Å². The highest BCUT2D eigenvalue weighted by atomic mass is 79.9. The van der Waals surface area contributed by atoms with E-state index in [-0.39, 0.29) is 5.91 Å². The fourth-order valence-corrected chi connectivity index (χ4v) is 3.12. The number of nitrogens with one attached hydrogen (secondary N) is 2.